The maximum absolute atomic E-state index is 10.9. The summed E-state index contributed by atoms with van der Waals surface area (Å²) >= 11 is 1.70. The van der Waals surface area contributed by atoms with Crippen LogP contribution in [0.15, 0.2) is 60.7 Å². The molecular formula is C26H22N2O4S. The SMILES string of the molecule is O=COCC1CCc2cc3c(cc2C1Nc1ccc(-c2nc4ccccc4s2)cc1)OCO3. The zero-order valence-corrected chi connectivity index (χ0v) is 18.6. The quantitative estimate of drug-likeness (QED) is 0.381. The van der Waals surface area contributed by atoms with E-state index in [4.69, 9.17) is 19.2 Å². The second-order valence-corrected chi connectivity index (χ2v) is 9.35. The first kappa shape index (κ1) is 20.1. The first-order valence-electron chi connectivity index (χ1n) is 11.0. The van der Waals surface area contributed by atoms with E-state index in [1.165, 1.54) is 15.8 Å². The summed E-state index contributed by atoms with van der Waals surface area (Å²) in [6.45, 7) is 1.15. The standard InChI is InChI=1S/C26H22N2O4S/c29-14-30-13-18-6-5-17-11-22-23(32-15-31-22)12-20(17)25(18)27-19-9-7-16(8-10-19)26-28-21-3-1-2-4-24(21)33-26/h1-4,7-12,14,18,25,27H,5-6,13,15H2. The van der Waals surface area contributed by atoms with Gasteiger partial charge in [0.2, 0.25) is 6.79 Å². The van der Waals surface area contributed by atoms with Crippen LogP contribution < -0.4 is 14.8 Å². The van der Waals surface area contributed by atoms with Crippen molar-refractivity contribution in [3.05, 3.63) is 71.8 Å². The van der Waals surface area contributed by atoms with Crippen molar-refractivity contribution in [3.8, 4) is 22.1 Å². The van der Waals surface area contributed by atoms with Gasteiger partial charge in [-0.2, -0.15) is 0 Å². The fourth-order valence-electron chi connectivity index (χ4n) is 4.69. The molecule has 0 saturated carbocycles. The average molecular weight is 459 g/mol. The molecule has 166 valence electrons. The Kier molecular flexibility index (Phi) is 5.11. The first-order chi connectivity index (χ1) is 16.3. The van der Waals surface area contributed by atoms with Gasteiger partial charge in [-0.05, 0) is 72.5 Å². The largest absolute Gasteiger partial charge is 0.468 e. The van der Waals surface area contributed by atoms with Crippen molar-refractivity contribution in [2.24, 2.45) is 5.92 Å². The van der Waals surface area contributed by atoms with Gasteiger partial charge < -0.3 is 19.5 Å². The monoisotopic (exact) mass is 458 g/mol. The first-order valence-corrected chi connectivity index (χ1v) is 11.8. The fraction of sp³-hybridized carbons (Fsp3) is 0.231. The van der Waals surface area contributed by atoms with E-state index in [1.54, 1.807) is 11.3 Å². The van der Waals surface area contributed by atoms with Gasteiger partial charge in [0.05, 0.1) is 22.9 Å². The highest BCUT2D eigenvalue weighted by Gasteiger charge is 2.32. The number of nitrogens with one attached hydrogen (secondary N) is 1. The van der Waals surface area contributed by atoms with Gasteiger partial charge in [-0.15, -0.1) is 11.3 Å². The van der Waals surface area contributed by atoms with Crippen molar-refractivity contribution in [3.63, 3.8) is 0 Å². The van der Waals surface area contributed by atoms with Crippen molar-refractivity contribution in [1.29, 1.82) is 0 Å². The van der Waals surface area contributed by atoms with Gasteiger partial charge in [-0.25, -0.2) is 4.98 Å². The molecule has 0 amide bonds. The molecule has 6 nitrogen and oxygen atoms in total. The van der Waals surface area contributed by atoms with E-state index in [1.807, 2.05) is 18.2 Å². The molecule has 3 aromatic carbocycles. The summed E-state index contributed by atoms with van der Waals surface area (Å²) in [6.07, 6.45) is 1.83. The smallest absolute Gasteiger partial charge is 0.293 e. The number of hydrogen-bond acceptors (Lipinski definition) is 7. The summed E-state index contributed by atoms with van der Waals surface area (Å²) in [5.74, 6) is 1.73. The van der Waals surface area contributed by atoms with Gasteiger partial charge in [-0.1, -0.05) is 12.1 Å². The minimum atomic E-state index is -0.00324. The summed E-state index contributed by atoms with van der Waals surface area (Å²) in [5, 5.41) is 4.69. The molecule has 2 aliphatic rings. The predicted molar refractivity (Wildman–Crippen MR) is 128 cm³/mol. The molecule has 0 spiro atoms. The van der Waals surface area contributed by atoms with Crippen LogP contribution in [0.5, 0.6) is 11.5 Å². The van der Waals surface area contributed by atoms with Crippen molar-refractivity contribution >= 4 is 33.7 Å². The van der Waals surface area contributed by atoms with Crippen molar-refractivity contribution in [2.75, 3.05) is 18.7 Å². The number of aryl methyl sites for hydroxylation is 1. The van der Waals surface area contributed by atoms with E-state index in [0.29, 0.717) is 13.1 Å². The highest BCUT2D eigenvalue weighted by atomic mass is 32.1. The highest BCUT2D eigenvalue weighted by molar-refractivity contribution is 7.21. The molecule has 2 unspecified atom stereocenters. The number of aromatic nitrogens is 1. The summed E-state index contributed by atoms with van der Waals surface area (Å²) < 4.78 is 17.6. The highest BCUT2D eigenvalue weighted by Crippen LogP contribution is 2.44. The normalized spacial score (nSPS) is 18.7. The van der Waals surface area contributed by atoms with Crippen LogP contribution in [-0.2, 0) is 16.0 Å². The van der Waals surface area contributed by atoms with Gasteiger partial charge in [-0.3, -0.25) is 4.79 Å². The Labute approximate surface area is 195 Å². The Morgan fingerprint density at radius 2 is 1.91 bits per heavy atom. The number of nitrogens with zero attached hydrogens (tertiary/aromatic N) is 1. The third kappa shape index (κ3) is 3.78. The Hall–Kier alpha value is -3.58. The Morgan fingerprint density at radius 3 is 2.73 bits per heavy atom. The lowest BCUT2D eigenvalue weighted by Gasteiger charge is -2.34. The fourth-order valence-corrected chi connectivity index (χ4v) is 5.66. The molecule has 7 heteroatoms. The Bertz CT molecular complexity index is 1280. The lowest BCUT2D eigenvalue weighted by atomic mass is 9.79. The zero-order valence-electron chi connectivity index (χ0n) is 17.8. The molecule has 1 aromatic heterocycles. The van der Waals surface area contributed by atoms with Crippen LogP contribution in [0.25, 0.3) is 20.8 Å². The van der Waals surface area contributed by atoms with Gasteiger partial charge in [0.15, 0.2) is 11.5 Å². The number of hydrogen-bond donors (Lipinski definition) is 1. The van der Waals surface area contributed by atoms with E-state index in [2.05, 4.69) is 47.8 Å². The zero-order chi connectivity index (χ0) is 22.2. The lowest BCUT2D eigenvalue weighted by Crippen LogP contribution is -2.30. The van der Waals surface area contributed by atoms with Crippen LogP contribution in [0.3, 0.4) is 0 Å². The minimum Gasteiger partial charge on any atom is -0.468 e. The van der Waals surface area contributed by atoms with Gasteiger partial charge >= 0.3 is 0 Å². The van der Waals surface area contributed by atoms with Crippen molar-refractivity contribution < 1.29 is 19.0 Å². The van der Waals surface area contributed by atoms with E-state index in [9.17, 15) is 4.79 Å². The maximum Gasteiger partial charge on any atom is 0.293 e. The topological polar surface area (TPSA) is 69.7 Å². The number of anilines is 1. The minimum absolute atomic E-state index is 0.00324. The molecular weight excluding hydrogens is 436 g/mol. The molecule has 2 atom stereocenters. The third-order valence-electron chi connectivity index (χ3n) is 6.35. The molecule has 4 aromatic rings. The molecule has 6 rings (SSSR count). The lowest BCUT2D eigenvalue weighted by molar-refractivity contribution is -0.130. The Balaban J connectivity index is 1.29. The van der Waals surface area contributed by atoms with Gasteiger partial charge in [0, 0.05) is 17.2 Å². The van der Waals surface area contributed by atoms with Crippen molar-refractivity contribution in [1.82, 2.24) is 4.98 Å². The van der Waals surface area contributed by atoms with Gasteiger partial charge in [0.1, 0.15) is 5.01 Å². The molecule has 0 saturated heterocycles. The average Bonchev–Trinajstić information content (AvgIpc) is 3.49. The second kappa shape index (κ2) is 8.41. The van der Waals surface area contributed by atoms with Crippen LogP contribution in [0.1, 0.15) is 23.6 Å². The van der Waals surface area contributed by atoms with E-state index < -0.39 is 0 Å². The van der Waals surface area contributed by atoms with Gasteiger partial charge in [0.25, 0.3) is 6.47 Å². The molecule has 1 N–H and O–H groups in total. The molecule has 1 aliphatic carbocycles. The third-order valence-corrected chi connectivity index (χ3v) is 7.44. The summed E-state index contributed by atoms with van der Waals surface area (Å²) in [4.78, 5) is 15.6. The number of para-hydroxylation sites is 1. The number of fused-ring (bicyclic) bond motifs is 3. The summed E-state index contributed by atoms with van der Waals surface area (Å²) in [7, 11) is 0. The number of thiazole rings is 1. The molecule has 2 heterocycles. The van der Waals surface area contributed by atoms with Crippen LogP contribution in [0.4, 0.5) is 5.69 Å². The number of benzene rings is 3. The van der Waals surface area contributed by atoms with Crippen LogP contribution >= 0.6 is 11.3 Å². The molecule has 1 aliphatic heterocycles. The second-order valence-electron chi connectivity index (χ2n) is 8.32. The van der Waals surface area contributed by atoms with E-state index in [0.717, 1.165) is 46.1 Å². The molecule has 33 heavy (non-hydrogen) atoms. The predicted octanol–water partition coefficient (Wildman–Crippen LogP) is 5.58. The number of rotatable bonds is 6. The van der Waals surface area contributed by atoms with Crippen molar-refractivity contribution in [2.45, 2.75) is 18.9 Å². The molecule has 0 radical (unpaired) electrons. The summed E-state index contributed by atoms with van der Waals surface area (Å²) in [6, 6.07) is 20.7. The van der Waals surface area contributed by atoms with Crippen LogP contribution in [-0.4, -0.2) is 24.9 Å². The summed E-state index contributed by atoms with van der Waals surface area (Å²) in [5.41, 5.74) is 5.53. The van der Waals surface area contributed by atoms with E-state index >= 15 is 0 Å². The number of carbonyl (C=O) groups excluding carboxylic acids is 1. The number of ether oxygens (including phenoxy) is 3. The number of carbonyl (C=O) groups is 1. The molecule has 0 bridgehead atoms. The molecule has 0 fully saturated rings. The van der Waals surface area contributed by atoms with Crippen LogP contribution in [0.2, 0.25) is 0 Å². The maximum atomic E-state index is 10.9. The van der Waals surface area contributed by atoms with E-state index in [-0.39, 0.29) is 18.8 Å². The Morgan fingerprint density at radius 1 is 1.09 bits per heavy atom. The van der Waals surface area contributed by atoms with Crippen LogP contribution in [0, 0.1) is 5.92 Å².